The van der Waals surface area contributed by atoms with Crippen LogP contribution in [0.15, 0.2) is 36.9 Å². The van der Waals surface area contributed by atoms with Gasteiger partial charge in [0.25, 0.3) is 0 Å². The lowest BCUT2D eigenvalue weighted by Crippen LogP contribution is -2.37. The predicted octanol–water partition coefficient (Wildman–Crippen LogP) is 9.01. The third kappa shape index (κ3) is 7.58. The van der Waals surface area contributed by atoms with Crippen LogP contribution in [0.4, 0.5) is 22.0 Å². The number of allylic oxidation sites excluding steroid dienone is 2. The second-order valence-corrected chi connectivity index (χ2v) is 11.2. The number of rotatable bonds is 9. The summed E-state index contributed by atoms with van der Waals surface area (Å²) >= 11 is 0. The van der Waals surface area contributed by atoms with Crippen LogP contribution in [0.1, 0.15) is 77.0 Å². The molecule has 0 aliphatic heterocycles. The van der Waals surface area contributed by atoms with Gasteiger partial charge in [0, 0.05) is 12.1 Å². The van der Waals surface area contributed by atoms with Crippen molar-refractivity contribution in [2.24, 2.45) is 29.6 Å². The van der Waals surface area contributed by atoms with Gasteiger partial charge in [-0.05, 0) is 101 Å². The Bertz CT molecular complexity index is 886. The van der Waals surface area contributed by atoms with E-state index < -0.39 is 35.2 Å². The summed E-state index contributed by atoms with van der Waals surface area (Å²) in [6, 6.07) is 0.915. The molecule has 206 valence electrons. The highest BCUT2D eigenvalue weighted by Gasteiger charge is 2.44. The Kier molecular flexibility index (Phi) is 9.71. The number of halogens is 5. The van der Waals surface area contributed by atoms with Crippen LogP contribution in [0, 0.1) is 47.0 Å². The number of hydrogen-bond donors (Lipinski definition) is 0. The molecule has 0 aromatic heterocycles. The maximum atomic E-state index is 14.6. The van der Waals surface area contributed by atoms with Gasteiger partial charge in [-0.1, -0.05) is 18.2 Å². The minimum atomic E-state index is -3.57. The van der Waals surface area contributed by atoms with E-state index in [-0.39, 0.29) is 18.8 Å². The largest absolute Gasteiger partial charge is 0.432 e. The van der Waals surface area contributed by atoms with Gasteiger partial charge in [0.1, 0.15) is 5.75 Å². The van der Waals surface area contributed by atoms with Crippen molar-refractivity contribution in [3.05, 3.63) is 54.4 Å². The van der Waals surface area contributed by atoms with Crippen molar-refractivity contribution < 1.29 is 31.4 Å². The van der Waals surface area contributed by atoms with Gasteiger partial charge < -0.3 is 9.47 Å². The average molecular weight is 527 g/mol. The molecule has 0 atom stereocenters. The van der Waals surface area contributed by atoms with Crippen LogP contribution >= 0.6 is 0 Å². The van der Waals surface area contributed by atoms with Gasteiger partial charge in [-0.25, -0.2) is 13.2 Å². The average Bonchev–Trinajstić information content (AvgIpc) is 2.90. The maximum Gasteiger partial charge on any atom is 0.400 e. The molecule has 2 nitrogen and oxygen atoms in total. The smallest absolute Gasteiger partial charge is 0.400 e. The monoisotopic (exact) mass is 526 g/mol. The summed E-state index contributed by atoms with van der Waals surface area (Å²) in [5.74, 6) is -4.08. The number of benzene rings is 1. The summed E-state index contributed by atoms with van der Waals surface area (Å²) < 4.78 is 79.5. The van der Waals surface area contributed by atoms with Gasteiger partial charge in [-0.15, -0.1) is 6.58 Å². The molecule has 1 aromatic rings. The lowest BCUT2D eigenvalue weighted by atomic mass is 9.70. The van der Waals surface area contributed by atoms with Crippen molar-refractivity contribution in [3.8, 4) is 5.75 Å². The molecule has 0 radical (unpaired) electrons. The third-order valence-corrected chi connectivity index (χ3v) is 8.77. The quantitative estimate of drug-likeness (QED) is 0.182. The molecular weight excluding hydrogens is 487 g/mol. The summed E-state index contributed by atoms with van der Waals surface area (Å²) in [6.07, 6.45) is 14.7. The number of hydrogen-bond acceptors (Lipinski definition) is 2. The Labute approximate surface area is 217 Å². The summed E-state index contributed by atoms with van der Waals surface area (Å²) in [5, 5.41) is 0. The van der Waals surface area contributed by atoms with E-state index >= 15 is 0 Å². The summed E-state index contributed by atoms with van der Waals surface area (Å²) in [4.78, 5) is 0. The van der Waals surface area contributed by atoms with E-state index in [0.29, 0.717) is 43.6 Å². The summed E-state index contributed by atoms with van der Waals surface area (Å²) in [6.45, 7) is 4.36. The van der Waals surface area contributed by atoms with Crippen molar-refractivity contribution >= 4 is 0 Å². The molecule has 0 amide bonds. The molecule has 1 aromatic carbocycles. The SMILES string of the molecule is C=CCOC1CCC(C2CCC(/C=C/C3CCC(C(F)(F)Oc4cc(F)c(F)c(F)c4)CC3)CC2)CC1. The van der Waals surface area contributed by atoms with E-state index in [9.17, 15) is 22.0 Å². The fourth-order valence-corrected chi connectivity index (χ4v) is 6.53. The molecule has 4 rings (SSSR count). The normalized spacial score (nSPS) is 31.4. The molecule has 3 aliphatic carbocycles. The first-order valence-electron chi connectivity index (χ1n) is 13.9. The molecule has 0 bridgehead atoms. The van der Waals surface area contributed by atoms with Gasteiger partial charge >= 0.3 is 6.11 Å². The summed E-state index contributed by atoms with van der Waals surface area (Å²) in [7, 11) is 0. The molecule has 0 N–H and O–H groups in total. The Morgan fingerprint density at radius 3 is 1.76 bits per heavy atom. The molecule has 7 heteroatoms. The zero-order chi connectivity index (χ0) is 26.4. The fraction of sp³-hybridized carbons (Fsp3) is 0.667. The number of alkyl halides is 2. The van der Waals surface area contributed by atoms with Gasteiger partial charge in [-0.2, -0.15) is 8.78 Å². The first kappa shape index (κ1) is 28.1. The Balaban J connectivity index is 1.17. The summed E-state index contributed by atoms with van der Waals surface area (Å²) in [5.41, 5.74) is 0. The highest BCUT2D eigenvalue weighted by Crippen LogP contribution is 2.43. The van der Waals surface area contributed by atoms with E-state index in [0.717, 1.165) is 24.7 Å². The molecule has 3 aliphatic rings. The van der Waals surface area contributed by atoms with Crippen LogP contribution in [0.2, 0.25) is 0 Å². The minimum absolute atomic E-state index is 0.260. The van der Waals surface area contributed by atoms with Crippen LogP contribution in [0.25, 0.3) is 0 Å². The van der Waals surface area contributed by atoms with E-state index in [1.54, 1.807) is 0 Å². The predicted molar refractivity (Wildman–Crippen MR) is 134 cm³/mol. The topological polar surface area (TPSA) is 18.5 Å². The third-order valence-electron chi connectivity index (χ3n) is 8.77. The fourth-order valence-electron chi connectivity index (χ4n) is 6.53. The van der Waals surface area contributed by atoms with E-state index in [2.05, 4.69) is 23.5 Å². The van der Waals surface area contributed by atoms with Crippen LogP contribution < -0.4 is 4.74 Å². The lowest BCUT2D eigenvalue weighted by molar-refractivity contribution is -0.223. The number of ether oxygens (including phenoxy) is 2. The van der Waals surface area contributed by atoms with Gasteiger partial charge in [-0.3, -0.25) is 0 Å². The van der Waals surface area contributed by atoms with Crippen molar-refractivity contribution in [1.82, 2.24) is 0 Å². The van der Waals surface area contributed by atoms with Crippen LogP contribution in [0.3, 0.4) is 0 Å². The van der Waals surface area contributed by atoms with Crippen molar-refractivity contribution in [2.75, 3.05) is 6.61 Å². The Morgan fingerprint density at radius 1 is 0.757 bits per heavy atom. The van der Waals surface area contributed by atoms with Crippen molar-refractivity contribution in [3.63, 3.8) is 0 Å². The van der Waals surface area contributed by atoms with Crippen molar-refractivity contribution in [1.29, 1.82) is 0 Å². The minimum Gasteiger partial charge on any atom is -0.432 e. The van der Waals surface area contributed by atoms with Crippen LogP contribution in [-0.2, 0) is 4.74 Å². The van der Waals surface area contributed by atoms with Gasteiger partial charge in [0.15, 0.2) is 17.5 Å². The first-order chi connectivity index (χ1) is 17.7. The molecule has 0 spiro atoms. The Hall–Kier alpha value is -1.89. The van der Waals surface area contributed by atoms with E-state index in [1.807, 2.05) is 6.08 Å². The van der Waals surface area contributed by atoms with E-state index in [4.69, 9.17) is 4.74 Å². The molecule has 0 unspecified atom stereocenters. The first-order valence-corrected chi connectivity index (χ1v) is 13.9. The zero-order valence-electron chi connectivity index (χ0n) is 21.5. The molecule has 37 heavy (non-hydrogen) atoms. The second kappa shape index (κ2) is 12.8. The molecule has 0 saturated heterocycles. The Morgan fingerprint density at radius 2 is 1.24 bits per heavy atom. The van der Waals surface area contributed by atoms with Crippen molar-refractivity contribution in [2.45, 2.75) is 89.3 Å². The van der Waals surface area contributed by atoms with E-state index in [1.165, 1.54) is 38.5 Å². The molecule has 0 heterocycles. The van der Waals surface area contributed by atoms with Gasteiger partial charge in [0.2, 0.25) is 0 Å². The lowest BCUT2D eigenvalue weighted by Gasteiger charge is -2.37. The highest BCUT2D eigenvalue weighted by atomic mass is 19.3. The van der Waals surface area contributed by atoms with Crippen LogP contribution in [-0.4, -0.2) is 18.8 Å². The molecule has 3 saturated carbocycles. The van der Waals surface area contributed by atoms with Crippen LogP contribution in [0.5, 0.6) is 5.75 Å². The maximum absolute atomic E-state index is 14.6. The standard InChI is InChI=1S/C30H39F5O2/c1-2-17-36-25-15-11-23(12-16-25)22-9-5-20(6-10-22)3-4-21-7-13-24(14-8-21)30(34,35)37-26-18-27(31)29(33)28(32)19-26/h2-4,18-25H,1,5-17H2/b4-3+. The molecule has 3 fully saturated rings. The second-order valence-electron chi connectivity index (χ2n) is 11.2. The zero-order valence-corrected chi connectivity index (χ0v) is 21.5. The molecular formula is C30H39F5O2. The highest BCUT2D eigenvalue weighted by molar-refractivity contribution is 5.25. The van der Waals surface area contributed by atoms with Gasteiger partial charge in [0.05, 0.1) is 18.6 Å².